The Bertz CT molecular complexity index is 432. The molecule has 0 heterocycles. The van der Waals surface area contributed by atoms with E-state index in [-0.39, 0.29) is 0 Å². The summed E-state index contributed by atoms with van der Waals surface area (Å²) < 4.78 is 4.91. The maximum absolute atomic E-state index is 5.05. The van der Waals surface area contributed by atoms with E-state index in [1.54, 1.807) is 13.3 Å². The van der Waals surface area contributed by atoms with Crippen molar-refractivity contribution in [2.75, 3.05) is 20.3 Å². The van der Waals surface area contributed by atoms with E-state index in [9.17, 15) is 0 Å². The van der Waals surface area contributed by atoms with Crippen LogP contribution < -0.4 is 10.7 Å². The van der Waals surface area contributed by atoms with Crippen molar-refractivity contribution in [2.45, 2.75) is 13.8 Å². The summed E-state index contributed by atoms with van der Waals surface area (Å²) in [7, 11) is 1.65. The summed E-state index contributed by atoms with van der Waals surface area (Å²) in [6.45, 7) is 5.39. The quantitative estimate of drug-likeness (QED) is 0.368. The number of methoxy groups -OCH3 is 1. The number of aryl methyl sites for hydroxylation is 2. The van der Waals surface area contributed by atoms with Crippen LogP contribution in [0.1, 0.15) is 16.7 Å². The molecule has 0 aliphatic carbocycles. The summed E-state index contributed by atoms with van der Waals surface area (Å²) in [4.78, 5) is 0. The Hall–Kier alpha value is -1.46. The topological polar surface area (TPSA) is 45.6 Å². The van der Waals surface area contributed by atoms with Crippen molar-refractivity contribution in [1.29, 1.82) is 0 Å². The summed E-state index contributed by atoms with van der Waals surface area (Å²) in [6, 6.07) is 6.24. The molecule has 2 N–H and O–H groups in total. The van der Waals surface area contributed by atoms with Crippen molar-refractivity contribution in [3.8, 4) is 0 Å². The average Bonchev–Trinajstić information content (AvgIpc) is 2.34. The number of hydrogen-bond donors (Lipinski definition) is 2. The highest BCUT2D eigenvalue weighted by molar-refractivity contribution is 7.80. The van der Waals surface area contributed by atoms with Gasteiger partial charge in [-0.05, 0) is 37.2 Å². The number of nitrogens with one attached hydrogen (secondary N) is 2. The molecule has 0 radical (unpaired) electrons. The van der Waals surface area contributed by atoms with Gasteiger partial charge in [-0.2, -0.15) is 5.10 Å². The second-order valence-corrected chi connectivity index (χ2v) is 4.39. The zero-order valence-electron chi connectivity index (χ0n) is 11.0. The number of hydrazone groups is 1. The number of thiocarbonyl (C=S) groups is 1. The highest BCUT2D eigenvalue weighted by Gasteiger charge is 1.95. The number of nitrogens with zero attached hydrogens (tertiary/aromatic N) is 1. The van der Waals surface area contributed by atoms with Crippen LogP contribution in [0.4, 0.5) is 0 Å². The summed E-state index contributed by atoms with van der Waals surface area (Å²) >= 11 is 5.05. The van der Waals surface area contributed by atoms with Gasteiger partial charge in [-0.3, -0.25) is 5.43 Å². The van der Waals surface area contributed by atoms with Crippen LogP contribution in [0.2, 0.25) is 0 Å². The van der Waals surface area contributed by atoms with Crippen molar-refractivity contribution in [2.24, 2.45) is 5.10 Å². The second kappa shape index (κ2) is 7.79. The Morgan fingerprint density at radius 2 is 2.22 bits per heavy atom. The molecule has 0 spiro atoms. The first kappa shape index (κ1) is 14.6. The Morgan fingerprint density at radius 1 is 1.44 bits per heavy atom. The van der Waals surface area contributed by atoms with Gasteiger partial charge in [-0.25, -0.2) is 0 Å². The zero-order chi connectivity index (χ0) is 13.4. The first-order valence-electron chi connectivity index (χ1n) is 5.76. The highest BCUT2D eigenvalue weighted by atomic mass is 32.1. The van der Waals surface area contributed by atoms with Crippen LogP contribution in [0.15, 0.2) is 23.3 Å². The minimum absolute atomic E-state index is 0.494. The van der Waals surface area contributed by atoms with Gasteiger partial charge in [-0.1, -0.05) is 23.8 Å². The molecule has 1 rings (SSSR count). The lowest BCUT2D eigenvalue weighted by Crippen LogP contribution is -2.34. The van der Waals surface area contributed by atoms with Crippen LogP contribution in [-0.2, 0) is 4.74 Å². The van der Waals surface area contributed by atoms with Crippen molar-refractivity contribution < 1.29 is 4.74 Å². The standard InChI is InChI=1S/C13H19N3OS/c1-10-4-5-11(2)12(8-10)9-15-16-13(18)14-6-7-17-3/h4-5,8-9H,6-7H2,1-3H3,(H2,14,16,18)/b15-9+. The number of rotatable bonds is 5. The predicted molar refractivity (Wildman–Crippen MR) is 79.1 cm³/mol. The molecule has 0 atom stereocenters. The third kappa shape index (κ3) is 5.25. The molecule has 0 amide bonds. The van der Waals surface area contributed by atoms with Gasteiger partial charge in [0.1, 0.15) is 0 Å². The Kier molecular flexibility index (Phi) is 6.32. The SMILES string of the molecule is COCCNC(=S)N/N=C/c1cc(C)ccc1C. The fourth-order valence-corrected chi connectivity index (χ4v) is 1.52. The molecule has 4 nitrogen and oxygen atoms in total. The Labute approximate surface area is 113 Å². The van der Waals surface area contributed by atoms with Gasteiger partial charge in [0, 0.05) is 13.7 Å². The van der Waals surface area contributed by atoms with Gasteiger partial charge in [0.25, 0.3) is 0 Å². The smallest absolute Gasteiger partial charge is 0.187 e. The molecule has 0 saturated heterocycles. The molecule has 1 aromatic carbocycles. The third-order valence-electron chi connectivity index (χ3n) is 2.40. The molecule has 0 bridgehead atoms. The van der Waals surface area contributed by atoms with Crippen molar-refractivity contribution in [3.05, 3.63) is 34.9 Å². The molecule has 98 valence electrons. The van der Waals surface area contributed by atoms with Crippen molar-refractivity contribution in [3.63, 3.8) is 0 Å². The van der Waals surface area contributed by atoms with E-state index < -0.39 is 0 Å². The molecule has 18 heavy (non-hydrogen) atoms. The normalized spacial score (nSPS) is 10.6. The lowest BCUT2D eigenvalue weighted by molar-refractivity contribution is 0.204. The molecule has 0 aliphatic heterocycles. The van der Waals surface area contributed by atoms with Gasteiger partial charge < -0.3 is 10.1 Å². The molecule has 5 heteroatoms. The fraction of sp³-hybridized carbons (Fsp3) is 0.385. The lowest BCUT2D eigenvalue weighted by Gasteiger charge is -2.06. The number of benzene rings is 1. The number of ether oxygens (including phenoxy) is 1. The van der Waals surface area contributed by atoms with E-state index in [1.807, 2.05) is 0 Å². The summed E-state index contributed by atoms with van der Waals surface area (Å²) in [5, 5.41) is 7.57. The van der Waals surface area contributed by atoms with E-state index >= 15 is 0 Å². The largest absolute Gasteiger partial charge is 0.383 e. The van der Waals surface area contributed by atoms with E-state index in [2.05, 4.69) is 47.9 Å². The molecule has 0 fully saturated rings. The molecule has 0 saturated carbocycles. The average molecular weight is 265 g/mol. The van der Waals surface area contributed by atoms with E-state index in [4.69, 9.17) is 17.0 Å². The molecule has 0 aliphatic rings. The molecule has 1 aromatic rings. The van der Waals surface area contributed by atoms with Crippen LogP contribution in [0.25, 0.3) is 0 Å². The van der Waals surface area contributed by atoms with Crippen LogP contribution in [-0.4, -0.2) is 31.6 Å². The Morgan fingerprint density at radius 3 is 2.94 bits per heavy atom. The van der Waals surface area contributed by atoms with E-state index in [1.165, 1.54) is 11.1 Å². The molecular formula is C13H19N3OS. The maximum Gasteiger partial charge on any atom is 0.187 e. The molecular weight excluding hydrogens is 246 g/mol. The monoisotopic (exact) mass is 265 g/mol. The third-order valence-corrected chi connectivity index (χ3v) is 2.63. The van der Waals surface area contributed by atoms with Crippen LogP contribution >= 0.6 is 12.2 Å². The van der Waals surface area contributed by atoms with Crippen LogP contribution in [0.3, 0.4) is 0 Å². The molecule has 0 unspecified atom stereocenters. The van der Waals surface area contributed by atoms with Crippen molar-refractivity contribution in [1.82, 2.24) is 10.7 Å². The van der Waals surface area contributed by atoms with Gasteiger partial charge >= 0.3 is 0 Å². The minimum atomic E-state index is 0.494. The zero-order valence-corrected chi connectivity index (χ0v) is 11.8. The maximum atomic E-state index is 5.05. The van der Waals surface area contributed by atoms with Gasteiger partial charge in [0.05, 0.1) is 12.8 Å². The van der Waals surface area contributed by atoms with Gasteiger partial charge in [0.2, 0.25) is 0 Å². The van der Waals surface area contributed by atoms with Crippen LogP contribution in [0, 0.1) is 13.8 Å². The second-order valence-electron chi connectivity index (χ2n) is 3.98. The minimum Gasteiger partial charge on any atom is -0.383 e. The lowest BCUT2D eigenvalue weighted by atomic mass is 10.1. The van der Waals surface area contributed by atoms with Gasteiger partial charge in [-0.15, -0.1) is 0 Å². The summed E-state index contributed by atoms with van der Waals surface area (Å²) in [5.74, 6) is 0. The van der Waals surface area contributed by atoms with E-state index in [0.717, 1.165) is 5.56 Å². The summed E-state index contributed by atoms with van der Waals surface area (Å²) in [6.07, 6.45) is 1.77. The predicted octanol–water partition coefficient (Wildman–Crippen LogP) is 1.75. The van der Waals surface area contributed by atoms with E-state index in [0.29, 0.717) is 18.3 Å². The first-order valence-corrected chi connectivity index (χ1v) is 6.17. The highest BCUT2D eigenvalue weighted by Crippen LogP contribution is 2.07. The Balaban J connectivity index is 2.44. The number of hydrogen-bond acceptors (Lipinski definition) is 3. The first-order chi connectivity index (χ1) is 8.63. The van der Waals surface area contributed by atoms with Gasteiger partial charge in [0.15, 0.2) is 5.11 Å². The fourth-order valence-electron chi connectivity index (χ4n) is 1.37. The van der Waals surface area contributed by atoms with Crippen molar-refractivity contribution >= 4 is 23.5 Å². The van der Waals surface area contributed by atoms with Crippen LogP contribution in [0.5, 0.6) is 0 Å². The molecule has 0 aromatic heterocycles. The summed E-state index contributed by atoms with van der Waals surface area (Å²) in [5.41, 5.74) is 6.25.